The van der Waals surface area contributed by atoms with Gasteiger partial charge >= 0.3 is 6.09 Å². The zero-order chi connectivity index (χ0) is 25.4. The van der Waals surface area contributed by atoms with Crippen LogP contribution in [0.4, 0.5) is 16.2 Å². The van der Waals surface area contributed by atoms with E-state index in [1.165, 1.54) is 4.90 Å². The topological polar surface area (TPSA) is 122 Å². The van der Waals surface area contributed by atoms with Crippen molar-refractivity contribution in [2.24, 2.45) is 5.92 Å². The maximum Gasteiger partial charge on any atom is 0.411 e. The number of hydrogen-bond acceptors (Lipinski definition) is 6. The molecule has 2 amide bonds. The molecule has 2 aromatic rings. The standard InChI is InChI=1S/C25H32N4O6S/c1-17-15-27(25(31)32)23-13-19(20-14-26-28(16-20)21-6-10-36(33,34)11-7-21)2-3-22(23)29(17)24(30)12-18-4-8-35-9-5-18/h2-3,13-14,16-18,21H,4-12,15H2,1H3,(H,31,32)/t17-/m0/s1. The van der Waals surface area contributed by atoms with E-state index in [4.69, 9.17) is 4.74 Å². The maximum atomic E-state index is 13.4. The first-order chi connectivity index (χ1) is 17.2. The predicted molar refractivity (Wildman–Crippen MR) is 135 cm³/mol. The molecule has 0 saturated carbocycles. The van der Waals surface area contributed by atoms with E-state index >= 15 is 0 Å². The van der Waals surface area contributed by atoms with E-state index in [2.05, 4.69) is 5.10 Å². The van der Waals surface area contributed by atoms with Crippen LogP contribution in [0.25, 0.3) is 11.1 Å². The second kappa shape index (κ2) is 9.85. The smallest absolute Gasteiger partial charge is 0.411 e. The second-order valence-electron chi connectivity index (χ2n) is 10.1. The lowest BCUT2D eigenvalue weighted by molar-refractivity contribution is -0.120. The summed E-state index contributed by atoms with van der Waals surface area (Å²) in [5, 5.41) is 14.4. The third kappa shape index (κ3) is 4.99. The number of nitrogens with zero attached hydrogens (tertiary/aromatic N) is 4. The van der Waals surface area contributed by atoms with Crippen molar-refractivity contribution in [3.05, 3.63) is 30.6 Å². The fourth-order valence-electron chi connectivity index (χ4n) is 5.49. The monoisotopic (exact) mass is 516 g/mol. The van der Waals surface area contributed by atoms with Crippen LogP contribution in [-0.4, -0.2) is 72.6 Å². The SMILES string of the molecule is C[C@H]1CN(C(=O)O)c2cc(-c3cnn(C4CCS(=O)(=O)CC4)c3)ccc2N1C(=O)CC1CCOCC1. The van der Waals surface area contributed by atoms with Crippen LogP contribution in [0.1, 0.15) is 45.1 Å². The third-order valence-corrected chi connectivity index (χ3v) is 9.27. The summed E-state index contributed by atoms with van der Waals surface area (Å²) in [7, 11) is -2.96. The number of anilines is 2. The van der Waals surface area contributed by atoms with Crippen LogP contribution in [0.3, 0.4) is 0 Å². The second-order valence-corrected chi connectivity index (χ2v) is 12.4. The van der Waals surface area contributed by atoms with E-state index in [1.54, 1.807) is 17.2 Å². The molecule has 0 bridgehead atoms. The molecular formula is C25H32N4O6S. The highest BCUT2D eigenvalue weighted by atomic mass is 32.2. The number of fused-ring (bicyclic) bond motifs is 1. The number of amides is 2. The number of sulfone groups is 1. The van der Waals surface area contributed by atoms with Gasteiger partial charge in [-0.05, 0) is 56.2 Å². The summed E-state index contributed by atoms with van der Waals surface area (Å²) in [5.74, 6) is 0.609. The van der Waals surface area contributed by atoms with Crippen molar-refractivity contribution >= 4 is 33.2 Å². The number of benzene rings is 1. The number of aromatic nitrogens is 2. The molecule has 1 aromatic heterocycles. The summed E-state index contributed by atoms with van der Waals surface area (Å²) >= 11 is 0. The van der Waals surface area contributed by atoms with Crippen LogP contribution >= 0.6 is 0 Å². The van der Waals surface area contributed by atoms with E-state index in [0.29, 0.717) is 43.9 Å². The molecule has 0 aliphatic carbocycles. The molecule has 0 spiro atoms. The van der Waals surface area contributed by atoms with Crippen LogP contribution in [0.5, 0.6) is 0 Å². The first-order valence-electron chi connectivity index (χ1n) is 12.5. The Labute approximate surface area is 210 Å². The molecule has 3 aliphatic rings. The fraction of sp³-hybridized carbons (Fsp3) is 0.560. The summed E-state index contributed by atoms with van der Waals surface area (Å²) in [6, 6.07) is 5.25. The van der Waals surface area contributed by atoms with Gasteiger partial charge in [0.2, 0.25) is 5.91 Å². The molecule has 0 radical (unpaired) electrons. The van der Waals surface area contributed by atoms with E-state index < -0.39 is 15.9 Å². The normalized spacial score (nSPS) is 22.9. The summed E-state index contributed by atoms with van der Waals surface area (Å²) in [6.07, 6.45) is 5.74. The number of rotatable bonds is 4. The van der Waals surface area contributed by atoms with E-state index in [1.807, 2.05) is 29.9 Å². The van der Waals surface area contributed by atoms with E-state index in [9.17, 15) is 23.1 Å². The van der Waals surface area contributed by atoms with Crippen LogP contribution in [0.2, 0.25) is 0 Å². The van der Waals surface area contributed by atoms with Crippen molar-refractivity contribution in [3.63, 3.8) is 0 Å². The van der Waals surface area contributed by atoms with Gasteiger partial charge in [-0.3, -0.25) is 14.4 Å². The van der Waals surface area contributed by atoms with Crippen molar-refractivity contribution in [1.29, 1.82) is 0 Å². The number of carbonyl (C=O) groups excluding carboxylic acids is 1. The molecule has 4 heterocycles. The van der Waals surface area contributed by atoms with Gasteiger partial charge in [0.25, 0.3) is 0 Å². The molecule has 1 N–H and O–H groups in total. The molecule has 1 aromatic carbocycles. The Morgan fingerprint density at radius 2 is 1.81 bits per heavy atom. The molecule has 2 saturated heterocycles. The van der Waals surface area contributed by atoms with Crippen LogP contribution in [-0.2, 0) is 19.4 Å². The Morgan fingerprint density at radius 3 is 2.50 bits per heavy atom. The molecular weight excluding hydrogens is 484 g/mol. The average Bonchev–Trinajstić information content (AvgIpc) is 3.34. The Morgan fingerprint density at radius 1 is 1.08 bits per heavy atom. The minimum absolute atomic E-state index is 0.00788. The highest BCUT2D eigenvalue weighted by Crippen LogP contribution is 2.40. The molecule has 2 fully saturated rings. The fourth-order valence-corrected chi connectivity index (χ4v) is 6.96. The summed E-state index contributed by atoms with van der Waals surface area (Å²) in [6.45, 7) is 3.42. The van der Waals surface area contributed by atoms with Crippen molar-refractivity contribution in [1.82, 2.24) is 9.78 Å². The van der Waals surface area contributed by atoms with Crippen LogP contribution in [0, 0.1) is 5.92 Å². The van der Waals surface area contributed by atoms with Gasteiger partial charge in [-0.1, -0.05) is 6.07 Å². The molecule has 3 aliphatic heterocycles. The Bertz CT molecular complexity index is 1240. The average molecular weight is 517 g/mol. The summed E-state index contributed by atoms with van der Waals surface area (Å²) in [4.78, 5) is 28.5. The summed E-state index contributed by atoms with van der Waals surface area (Å²) < 4.78 is 30.8. The third-order valence-electron chi connectivity index (χ3n) is 7.55. The van der Waals surface area contributed by atoms with Crippen LogP contribution in [0.15, 0.2) is 30.6 Å². The Hall–Kier alpha value is -2.92. The number of carboxylic acid groups (broad SMARTS) is 1. The zero-order valence-electron chi connectivity index (χ0n) is 20.4. The minimum Gasteiger partial charge on any atom is -0.465 e. The minimum atomic E-state index is -2.96. The predicted octanol–water partition coefficient (Wildman–Crippen LogP) is 3.34. The molecule has 194 valence electrons. The van der Waals surface area contributed by atoms with Crippen molar-refractivity contribution in [2.75, 3.05) is 41.1 Å². The molecule has 5 rings (SSSR count). The van der Waals surface area contributed by atoms with Gasteiger partial charge in [-0.15, -0.1) is 0 Å². The van der Waals surface area contributed by atoms with Gasteiger partial charge in [0.15, 0.2) is 0 Å². The van der Waals surface area contributed by atoms with Crippen molar-refractivity contribution < 1.29 is 27.9 Å². The molecule has 0 unspecified atom stereocenters. The van der Waals surface area contributed by atoms with Gasteiger partial charge in [-0.25, -0.2) is 13.2 Å². The highest BCUT2D eigenvalue weighted by molar-refractivity contribution is 7.91. The molecule has 10 nitrogen and oxygen atoms in total. The van der Waals surface area contributed by atoms with Crippen LogP contribution < -0.4 is 9.80 Å². The quantitative estimate of drug-likeness (QED) is 0.661. The number of ether oxygens (including phenoxy) is 1. The first-order valence-corrected chi connectivity index (χ1v) is 14.3. The lowest BCUT2D eigenvalue weighted by Crippen LogP contribution is -2.52. The molecule has 11 heteroatoms. The van der Waals surface area contributed by atoms with Crippen molar-refractivity contribution in [2.45, 2.75) is 51.1 Å². The first kappa shape index (κ1) is 24.8. The van der Waals surface area contributed by atoms with Gasteiger partial charge in [-0.2, -0.15) is 5.10 Å². The Balaban J connectivity index is 1.42. The van der Waals surface area contributed by atoms with E-state index in [0.717, 1.165) is 24.0 Å². The van der Waals surface area contributed by atoms with Crippen molar-refractivity contribution in [3.8, 4) is 11.1 Å². The summed E-state index contributed by atoms with van der Waals surface area (Å²) in [5.41, 5.74) is 2.69. The van der Waals surface area contributed by atoms with Gasteiger partial charge < -0.3 is 14.7 Å². The van der Waals surface area contributed by atoms with Gasteiger partial charge in [0, 0.05) is 37.9 Å². The largest absolute Gasteiger partial charge is 0.465 e. The molecule has 36 heavy (non-hydrogen) atoms. The number of hydrogen-bond donors (Lipinski definition) is 1. The Kier molecular flexibility index (Phi) is 6.78. The lowest BCUT2D eigenvalue weighted by Gasteiger charge is -2.40. The van der Waals surface area contributed by atoms with E-state index in [-0.39, 0.29) is 42.0 Å². The van der Waals surface area contributed by atoms with Gasteiger partial charge in [0.05, 0.1) is 41.2 Å². The molecule has 1 atom stereocenters. The zero-order valence-corrected chi connectivity index (χ0v) is 21.2. The number of carbonyl (C=O) groups is 2. The highest BCUT2D eigenvalue weighted by Gasteiger charge is 2.36. The lowest BCUT2D eigenvalue weighted by atomic mass is 9.94. The maximum absolute atomic E-state index is 13.4. The van der Waals surface area contributed by atoms with Gasteiger partial charge in [0.1, 0.15) is 9.84 Å².